The maximum Gasteiger partial charge on any atom is 0.261 e. The number of hydrogen-bond donors (Lipinski definition) is 1. The number of nitrogens with one attached hydrogen (secondary N) is 1. The van der Waals surface area contributed by atoms with Gasteiger partial charge >= 0.3 is 0 Å². The van der Waals surface area contributed by atoms with Crippen molar-refractivity contribution in [2.24, 2.45) is 5.92 Å². The van der Waals surface area contributed by atoms with Crippen molar-refractivity contribution < 1.29 is 21.9 Å². The first-order valence-electron chi connectivity index (χ1n) is 7.31. The van der Waals surface area contributed by atoms with Crippen LogP contribution in [0.3, 0.4) is 0 Å². The van der Waals surface area contributed by atoms with Crippen LogP contribution in [0, 0.1) is 5.92 Å². The first-order valence-corrected chi connectivity index (χ1v) is 9.16. The van der Waals surface area contributed by atoms with Crippen LogP contribution in [-0.2, 0) is 14.8 Å². The SMILES string of the molecule is CNC(CCOCC(F)F)CC1CCCN(S(C)(=O)=O)C1. The van der Waals surface area contributed by atoms with Crippen LogP contribution in [0.2, 0.25) is 0 Å². The molecule has 21 heavy (non-hydrogen) atoms. The number of piperidine rings is 1. The zero-order valence-electron chi connectivity index (χ0n) is 12.7. The fourth-order valence-corrected chi connectivity index (χ4v) is 3.64. The Bertz CT molecular complexity index is 393. The second kappa shape index (κ2) is 8.97. The fraction of sp³-hybridized carbons (Fsp3) is 1.00. The molecule has 126 valence electrons. The average molecular weight is 328 g/mol. The van der Waals surface area contributed by atoms with E-state index in [9.17, 15) is 17.2 Å². The average Bonchev–Trinajstić information content (AvgIpc) is 2.41. The number of nitrogens with zero attached hydrogens (tertiary/aromatic N) is 1. The topological polar surface area (TPSA) is 58.6 Å². The molecule has 0 aliphatic carbocycles. The molecule has 8 heteroatoms. The van der Waals surface area contributed by atoms with E-state index in [2.05, 4.69) is 5.32 Å². The lowest BCUT2D eigenvalue weighted by Crippen LogP contribution is -2.41. The quantitative estimate of drug-likeness (QED) is 0.648. The van der Waals surface area contributed by atoms with E-state index in [0.29, 0.717) is 32.0 Å². The minimum atomic E-state index is -3.13. The lowest BCUT2D eigenvalue weighted by Gasteiger charge is -2.33. The van der Waals surface area contributed by atoms with Gasteiger partial charge in [-0.2, -0.15) is 0 Å². The van der Waals surface area contributed by atoms with Gasteiger partial charge in [-0.25, -0.2) is 21.5 Å². The van der Waals surface area contributed by atoms with Crippen LogP contribution < -0.4 is 5.32 Å². The van der Waals surface area contributed by atoms with Crippen LogP contribution in [0.1, 0.15) is 25.7 Å². The van der Waals surface area contributed by atoms with Crippen molar-refractivity contribution >= 4 is 10.0 Å². The van der Waals surface area contributed by atoms with Gasteiger partial charge in [0.2, 0.25) is 10.0 Å². The van der Waals surface area contributed by atoms with E-state index < -0.39 is 23.1 Å². The van der Waals surface area contributed by atoms with E-state index >= 15 is 0 Å². The molecule has 1 aliphatic heterocycles. The molecule has 0 amide bonds. The van der Waals surface area contributed by atoms with Gasteiger partial charge < -0.3 is 10.1 Å². The minimum Gasteiger partial charge on any atom is -0.375 e. The standard InChI is InChI=1S/C13H26F2N2O3S/c1-16-12(5-7-20-10-13(14)15)8-11-4-3-6-17(9-11)21(2,18)19/h11-13,16H,3-10H2,1-2H3. The van der Waals surface area contributed by atoms with Crippen molar-refractivity contribution in [1.29, 1.82) is 0 Å². The number of hydrogen-bond acceptors (Lipinski definition) is 4. The molecule has 0 aromatic rings. The van der Waals surface area contributed by atoms with Crippen LogP contribution in [0.15, 0.2) is 0 Å². The van der Waals surface area contributed by atoms with Crippen molar-refractivity contribution in [3.05, 3.63) is 0 Å². The molecule has 2 unspecified atom stereocenters. The van der Waals surface area contributed by atoms with E-state index in [1.54, 1.807) is 0 Å². The van der Waals surface area contributed by atoms with Gasteiger partial charge in [-0.1, -0.05) is 0 Å². The Morgan fingerprint density at radius 1 is 1.43 bits per heavy atom. The maximum atomic E-state index is 12.0. The lowest BCUT2D eigenvalue weighted by atomic mass is 9.91. The maximum absolute atomic E-state index is 12.0. The summed E-state index contributed by atoms with van der Waals surface area (Å²) in [7, 11) is -1.30. The van der Waals surface area contributed by atoms with Gasteiger partial charge in [0.25, 0.3) is 6.43 Å². The van der Waals surface area contributed by atoms with Gasteiger partial charge in [-0.3, -0.25) is 0 Å². The summed E-state index contributed by atoms with van der Waals surface area (Å²) < 4.78 is 53.5. The Morgan fingerprint density at radius 2 is 2.14 bits per heavy atom. The van der Waals surface area contributed by atoms with Crippen LogP contribution >= 0.6 is 0 Å². The predicted octanol–water partition coefficient (Wildman–Crippen LogP) is 1.31. The molecule has 1 rings (SSSR count). The van der Waals surface area contributed by atoms with Gasteiger partial charge in [-0.05, 0) is 38.6 Å². The van der Waals surface area contributed by atoms with Crippen molar-refractivity contribution in [2.75, 3.05) is 39.6 Å². The van der Waals surface area contributed by atoms with Crippen LogP contribution in [-0.4, -0.2) is 64.8 Å². The van der Waals surface area contributed by atoms with Crippen molar-refractivity contribution in [2.45, 2.75) is 38.2 Å². The molecule has 1 fully saturated rings. The third-order valence-corrected chi connectivity index (χ3v) is 5.10. The smallest absolute Gasteiger partial charge is 0.261 e. The third kappa shape index (κ3) is 7.49. The number of ether oxygens (including phenoxy) is 1. The molecule has 0 aromatic heterocycles. The third-order valence-electron chi connectivity index (χ3n) is 3.83. The molecule has 2 atom stereocenters. The molecule has 1 saturated heterocycles. The molecule has 1 aliphatic rings. The van der Waals surface area contributed by atoms with Gasteiger partial charge in [0.15, 0.2) is 0 Å². The summed E-state index contributed by atoms with van der Waals surface area (Å²) >= 11 is 0. The Kier molecular flexibility index (Phi) is 8.00. The molecule has 0 saturated carbocycles. The number of sulfonamides is 1. The van der Waals surface area contributed by atoms with Crippen LogP contribution in [0.5, 0.6) is 0 Å². The van der Waals surface area contributed by atoms with Crippen molar-refractivity contribution in [1.82, 2.24) is 9.62 Å². The number of alkyl halides is 2. The zero-order valence-corrected chi connectivity index (χ0v) is 13.5. The fourth-order valence-electron chi connectivity index (χ4n) is 2.70. The Balaban J connectivity index is 2.35. The van der Waals surface area contributed by atoms with E-state index in [1.807, 2.05) is 7.05 Å². The molecular weight excluding hydrogens is 302 g/mol. The summed E-state index contributed by atoms with van der Waals surface area (Å²) in [5.41, 5.74) is 0. The van der Waals surface area contributed by atoms with Crippen molar-refractivity contribution in [3.63, 3.8) is 0 Å². The summed E-state index contributed by atoms with van der Waals surface area (Å²) in [4.78, 5) is 0. The first-order chi connectivity index (χ1) is 9.82. The van der Waals surface area contributed by atoms with E-state index in [-0.39, 0.29) is 6.04 Å². The largest absolute Gasteiger partial charge is 0.375 e. The second-order valence-corrected chi connectivity index (χ2v) is 7.59. The van der Waals surface area contributed by atoms with Gasteiger partial charge in [0.05, 0.1) is 6.26 Å². The van der Waals surface area contributed by atoms with Gasteiger partial charge in [0, 0.05) is 25.7 Å². The second-order valence-electron chi connectivity index (χ2n) is 5.61. The molecule has 0 bridgehead atoms. The van der Waals surface area contributed by atoms with Gasteiger partial charge in [0.1, 0.15) is 6.61 Å². The molecule has 0 aromatic carbocycles. The molecule has 0 spiro atoms. The van der Waals surface area contributed by atoms with E-state index in [0.717, 1.165) is 19.3 Å². The molecular formula is C13H26F2N2O3S. The van der Waals surface area contributed by atoms with Crippen LogP contribution in [0.25, 0.3) is 0 Å². The van der Waals surface area contributed by atoms with Crippen molar-refractivity contribution in [3.8, 4) is 0 Å². The van der Waals surface area contributed by atoms with Gasteiger partial charge in [-0.15, -0.1) is 0 Å². The lowest BCUT2D eigenvalue weighted by molar-refractivity contribution is 0.0138. The number of halogens is 2. The highest BCUT2D eigenvalue weighted by atomic mass is 32.2. The molecule has 1 N–H and O–H groups in total. The minimum absolute atomic E-state index is 0.159. The summed E-state index contributed by atoms with van der Waals surface area (Å²) in [6.45, 7) is 0.909. The molecule has 0 radical (unpaired) electrons. The number of rotatable bonds is 9. The highest BCUT2D eigenvalue weighted by Gasteiger charge is 2.27. The Morgan fingerprint density at radius 3 is 2.71 bits per heavy atom. The summed E-state index contributed by atoms with van der Waals surface area (Å²) in [6, 6.07) is 0.159. The normalized spacial score (nSPS) is 22.6. The predicted molar refractivity (Wildman–Crippen MR) is 78.0 cm³/mol. The highest BCUT2D eigenvalue weighted by Crippen LogP contribution is 2.23. The summed E-state index contributed by atoms with van der Waals surface area (Å²) in [5, 5.41) is 3.16. The molecule has 1 heterocycles. The van der Waals surface area contributed by atoms with E-state index in [4.69, 9.17) is 4.74 Å². The Labute approximate surface area is 126 Å². The summed E-state index contributed by atoms with van der Waals surface area (Å²) in [6.07, 6.45) is 2.17. The zero-order chi connectivity index (χ0) is 15.9. The Hall–Kier alpha value is -0.310. The van der Waals surface area contributed by atoms with E-state index in [1.165, 1.54) is 10.6 Å². The highest BCUT2D eigenvalue weighted by molar-refractivity contribution is 7.88. The molecule has 5 nitrogen and oxygen atoms in total. The van der Waals surface area contributed by atoms with Crippen LogP contribution in [0.4, 0.5) is 8.78 Å². The monoisotopic (exact) mass is 328 g/mol. The summed E-state index contributed by atoms with van der Waals surface area (Å²) in [5.74, 6) is 0.307. The first kappa shape index (κ1) is 18.7.